The van der Waals surface area contributed by atoms with E-state index in [1.54, 1.807) is 12.1 Å². The molecule has 1 aliphatic heterocycles. The number of nitrogens with one attached hydrogen (secondary N) is 2. The Balaban J connectivity index is 1.90. The van der Waals surface area contributed by atoms with E-state index >= 15 is 0 Å². The van der Waals surface area contributed by atoms with E-state index in [0.717, 1.165) is 27.7 Å². The van der Waals surface area contributed by atoms with E-state index in [2.05, 4.69) is 16.4 Å². The molecule has 2 atom stereocenters. The topological polar surface area (TPSA) is 54.1 Å². The Morgan fingerprint density at radius 2 is 2.00 bits per heavy atom. The molecule has 25 heavy (non-hydrogen) atoms. The molecular formula is C19H16Cl2N2O2. The van der Waals surface area contributed by atoms with Crippen LogP contribution in [0.25, 0.3) is 10.9 Å². The minimum Gasteiger partial charge on any atom is -0.468 e. The van der Waals surface area contributed by atoms with Crippen LogP contribution in [0.4, 0.5) is 0 Å². The standard InChI is InChI=1S/C19H16Cl2N2O2/c1-25-19(24)16-9-13-11-4-2-3-5-15(11)22-18(13)17(23-16)12-7-6-10(20)8-14(12)21/h2-8,16-17,22-23H,9H2,1H3/t16-,17-/m0/s1. The van der Waals surface area contributed by atoms with E-state index < -0.39 is 6.04 Å². The van der Waals surface area contributed by atoms with Crippen molar-refractivity contribution in [1.29, 1.82) is 0 Å². The summed E-state index contributed by atoms with van der Waals surface area (Å²) in [5, 5.41) is 5.61. The Labute approximate surface area is 155 Å². The first-order valence-electron chi connectivity index (χ1n) is 7.97. The van der Waals surface area contributed by atoms with Gasteiger partial charge in [-0.3, -0.25) is 10.1 Å². The lowest BCUT2D eigenvalue weighted by atomic mass is 9.90. The predicted molar refractivity (Wildman–Crippen MR) is 99.2 cm³/mol. The van der Waals surface area contributed by atoms with Gasteiger partial charge < -0.3 is 9.72 Å². The molecule has 0 unspecified atom stereocenters. The minimum atomic E-state index is -0.437. The number of halogens is 2. The lowest BCUT2D eigenvalue weighted by Crippen LogP contribution is -2.45. The van der Waals surface area contributed by atoms with Crippen LogP contribution < -0.4 is 5.32 Å². The summed E-state index contributed by atoms with van der Waals surface area (Å²) in [6.45, 7) is 0. The molecule has 0 saturated heterocycles. The molecule has 6 heteroatoms. The highest BCUT2D eigenvalue weighted by Crippen LogP contribution is 2.38. The number of aromatic nitrogens is 1. The molecule has 2 heterocycles. The summed E-state index contributed by atoms with van der Waals surface area (Å²) in [6.07, 6.45) is 0.563. The van der Waals surface area contributed by atoms with Crippen LogP contribution in [0, 0.1) is 0 Å². The molecule has 0 fully saturated rings. The molecule has 0 saturated carbocycles. The third kappa shape index (κ3) is 2.80. The van der Waals surface area contributed by atoms with Crippen molar-refractivity contribution in [3.05, 3.63) is 69.3 Å². The molecule has 2 N–H and O–H groups in total. The summed E-state index contributed by atoms with van der Waals surface area (Å²) >= 11 is 12.5. The Morgan fingerprint density at radius 1 is 1.20 bits per heavy atom. The van der Waals surface area contributed by atoms with Gasteiger partial charge >= 0.3 is 5.97 Å². The van der Waals surface area contributed by atoms with E-state index in [9.17, 15) is 4.79 Å². The van der Waals surface area contributed by atoms with Gasteiger partial charge in [-0.1, -0.05) is 47.5 Å². The molecule has 2 aromatic carbocycles. The Morgan fingerprint density at radius 3 is 2.76 bits per heavy atom. The second kappa shape index (κ2) is 6.37. The summed E-state index contributed by atoms with van der Waals surface area (Å²) < 4.78 is 4.96. The maximum absolute atomic E-state index is 12.2. The van der Waals surface area contributed by atoms with Crippen molar-refractivity contribution in [2.45, 2.75) is 18.5 Å². The third-order valence-corrected chi connectivity index (χ3v) is 5.23. The van der Waals surface area contributed by atoms with Crippen LogP contribution in [-0.4, -0.2) is 24.1 Å². The molecule has 1 aliphatic rings. The van der Waals surface area contributed by atoms with Gasteiger partial charge in [0.25, 0.3) is 0 Å². The first kappa shape index (κ1) is 16.5. The van der Waals surface area contributed by atoms with Crippen LogP contribution in [0.5, 0.6) is 0 Å². The first-order chi connectivity index (χ1) is 12.1. The molecule has 128 valence electrons. The van der Waals surface area contributed by atoms with Crippen molar-refractivity contribution in [3.8, 4) is 0 Å². The van der Waals surface area contributed by atoms with E-state index in [-0.39, 0.29) is 12.0 Å². The number of esters is 1. The van der Waals surface area contributed by atoms with Gasteiger partial charge in [-0.05, 0) is 29.3 Å². The van der Waals surface area contributed by atoms with Gasteiger partial charge in [0.1, 0.15) is 6.04 Å². The largest absolute Gasteiger partial charge is 0.468 e. The number of rotatable bonds is 2. The molecule has 4 nitrogen and oxygen atoms in total. The normalized spacial score (nSPS) is 19.6. The van der Waals surface area contributed by atoms with Crippen LogP contribution in [0.1, 0.15) is 22.9 Å². The Kier molecular flexibility index (Phi) is 4.20. The molecule has 4 rings (SSSR count). The van der Waals surface area contributed by atoms with Crippen molar-refractivity contribution in [2.75, 3.05) is 7.11 Å². The zero-order valence-corrected chi connectivity index (χ0v) is 15.0. The van der Waals surface area contributed by atoms with Crippen LogP contribution in [-0.2, 0) is 16.0 Å². The van der Waals surface area contributed by atoms with Crippen molar-refractivity contribution >= 4 is 40.1 Å². The number of benzene rings is 2. The number of fused-ring (bicyclic) bond motifs is 3. The highest BCUT2D eigenvalue weighted by molar-refractivity contribution is 6.35. The quantitative estimate of drug-likeness (QED) is 0.659. The molecule has 0 bridgehead atoms. The fourth-order valence-electron chi connectivity index (χ4n) is 3.51. The maximum atomic E-state index is 12.2. The fraction of sp³-hybridized carbons (Fsp3) is 0.211. The van der Waals surface area contributed by atoms with Crippen LogP contribution in [0.3, 0.4) is 0 Å². The van der Waals surface area contributed by atoms with Crippen molar-refractivity contribution < 1.29 is 9.53 Å². The summed E-state index contributed by atoms with van der Waals surface area (Å²) in [4.78, 5) is 15.7. The van der Waals surface area contributed by atoms with Gasteiger partial charge in [-0.25, -0.2) is 0 Å². The van der Waals surface area contributed by atoms with Gasteiger partial charge in [0.2, 0.25) is 0 Å². The van der Waals surface area contributed by atoms with Gasteiger partial charge in [0, 0.05) is 33.1 Å². The molecule has 3 aromatic rings. The second-order valence-corrected chi connectivity index (χ2v) is 6.95. The van der Waals surface area contributed by atoms with E-state index in [0.29, 0.717) is 16.5 Å². The summed E-state index contributed by atoms with van der Waals surface area (Å²) in [6, 6.07) is 12.8. The van der Waals surface area contributed by atoms with E-state index in [1.165, 1.54) is 7.11 Å². The molecule has 0 radical (unpaired) electrons. The van der Waals surface area contributed by atoms with Gasteiger partial charge in [-0.2, -0.15) is 0 Å². The van der Waals surface area contributed by atoms with Crippen LogP contribution >= 0.6 is 23.2 Å². The van der Waals surface area contributed by atoms with Gasteiger partial charge in [-0.15, -0.1) is 0 Å². The lowest BCUT2D eigenvalue weighted by Gasteiger charge is -2.30. The number of aromatic amines is 1. The monoisotopic (exact) mass is 374 g/mol. The Bertz CT molecular complexity index is 967. The number of para-hydroxylation sites is 1. The zero-order valence-electron chi connectivity index (χ0n) is 13.5. The van der Waals surface area contributed by atoms with Gasteiger partial charge in [0.15, 0.2) is 0 Å². The van der Waals surface area contributed by atoms with Crippen LogP contribution in [0.15, 0.2) is 42.5 Å². The molecule has 0 aliphatic carbocycles. The average molecular weight is 375 g/mol. The zero-order chi connectivity index (χ0) is 17.6. The summed E-state index contributed by atoms with van der Waals surface area (Å²) in [5.41, 5.74) is 4.04. The number of methoxy groups -OCH3 is 1. The van der Waals surface area contributed by atoms with Crippen molar-refractivity contribution in [2.24, 2.45) is 0 Å². The molecule has 0 spiro atoms. The van der Waals surface area contributed by atoms with E-state index in [4.69, 9.17) is 27.9 Å². The second-order valence-electron chi connectivity index (χ2n) is 6.11. The number of hydrogen-bond donors (Lipinski definition) is 2. The van der Waals surface area contributed by atoms with Crippen molar-refractivity contribution in [3.63, 3.8) is 0 Å². The van der Waals surface area contributed by atoms with Crippen molar-refractivity contribution in [1.82, 2.24) is 10.3 Å². The number of carbonyl (C=O) groups excluding carboxylic acids is 1. The molecular weight excluding hydrogens is 359 g/mol. The van der Waals surface area contributed by atoms with Gasteiger partial charge in [0.05, 0.1) is 13.2 Å². The SMILES string of the molecule is COC(=O)[C@@H]1Cc2c([nH]c3ccccc23)[C@H](c2ccc(Cl)cc2Cl)N1. The molecule has 1 aromatic heterocycles. The fourth-order valence-corrected chi connectivity index (χ4v) is 4.03. The number of ether oxygens (including phenoxy) is 1. The first-order valence-corrected chi connectivity index (χ1v) is 8.72. The molecule has 0 amide bonds. The number of carbonyl (C=O) groups is 1. The number of hydrogen-bond acceptors (Lipinski definition) is 3. The highest BCUT2D eigenvalue weighted by atomic mass is 35.5. The minimum absolute atomic E-state index is 0.245. The Hall–Kier alpha value is -2.01. The van der Waals surface area contributed by atoms with Crippen LogP contribution in [0.2, 0.25) is 10.0 Å². The third-order valence-electron chi connectivity index (χ3n) is 4.67. The lowest BCUT2D eigenvalue weighted by molar-refractivity contribution is -0.143. The maximum Gasteiger partial charge on any atom is 0.323 e. The van der Waals surface area contributed by atoms with E-state index in [1.807, 2.05) is 24.3 Å². The number of H-pyrrole nitrogens is 1. The predicted octanol–water partition coefficient (Wildman–Crippen LogP) is 4.25. The smallest absolute Gasteiger partial charge is 0.323 e. The highest BCUT2D eigenvalue weighted by Gasteiger charge is 2.35. The summed E-state index contributed by atoms with van der Waals surface area (Å²) in [7, 11) is 1.40. The average Bonchev–Trinajstić information content (AvgIpc) is 2.99. The summed E-state index contributed by atoms with van der Waals surface area (Å²) in [5.74, 6) is -0.286.